The summed E-state index contributed by atoms with van der Waals surface area (Å²) in [6, 6.07) is 0. The maximum absolute atomic E-state index is 8.38. The Morgan fingerprint density at radius 1 is 1.38 bits per heavy atom. The Morgan fingerprint density at radius 3 is 1.38 bits per heavy atom. The topological polar surface area (TPSA) is 84.4 Å². The molecule has 8 heavy (non-hydrogen) atoms. The molecule has 0 rings (SSSR count). The minimum atomic E-state index is 0. The predicted molar refractivity (Wildman–Crippen MR) is 29.2 cm³/mol. The molecule has 0 aromatic rings. The van der Waals surface area contributed by atoms with Gasteiger partial charge in [0.1, 0.15) is 0 Å². The van der Waals surface area contributed by atoms with Gasteiger partial charge in [0.2, 0.25) is 0 Å². The summed E-state index contributed by atoms with van der Waals surface area (Å²) in [6.45, 7) is 0.500. The molecule has 0 saturated heterocycles. The van der Waals surface area contributed by atoms with Gasteiger partial charge in [-0.1, -0.05) is 13.9 Å². The zero-order valence-electron chi connectivity index (χ0n) is 3.63. The third-order valence-corrected chi connectivity index (χ3v) is 0. The molecule has 0 unspecified atom stereocenters. The molecule has 6 heteroatoms. The van der Waals surface area contributed by atoms with Crippen LogP contribution in [0.1, 0.15) is 7.43 Å². The van der Waals surface area contributed by atoms with Crippen molar-refractivity contribution in [2.75, 3.05) is 0 Å². The van der Waals surface area contributed by atoms with E-state index in [1.54, 1.807) is 0 Å². The molecule has 0 aliphatic heterocycles. The van der Waals surface area contributed by atoms with E-state index in [1.807, 2.05) is 0 Å². The summed E-state index contributed by atoms with van der Waals surface area (Å²) in [7, 11) is 0. The first kappa shape index (κ1) is 33.1. The Balaban J connectivity index is -0.00000000567. The van der Waals surface area contributed by atoms with Crippen molar-refractivity contribution >= 4 is 80.1 Å². The fourth-order valence-corrected chi connectivity index (χ4v) is 0. The summed E-state index contributed by atoms with van der Waals surface area (Å²) in [5.41, 5.74) is 0. The number of hydrogen-bond donors (Lipinski definition) is 1. The SMILES string of the molecule is C.O=[C-]O.[Ca+2].[OH-].[O]=[Ca]. The molecule has 2 N–H and O–H groups in total. The number of hydrogen-bond acceptors (Lipinski definition) is 3. The summed E-state index contributed by atoms with van der Waals surface area (Å²) in [5, 5.41) is 6.76. The Labute approximate surface area is 102 Å². The van der Waals surface area contributed by atoms with Gasteiger partial charge in [-0.15, -0.1) is 0 Å². The Bertz CT molecular complexity index is 26.0. The van der Waals surface area contributed by atoms with Crippen molar-refractivity contribution in [1.29, 1.82) is 0 Å². The Hall–Kier alpha value is 1.75. The average Bonchev–Trinajstić information content (AvgIpc) is 1.46. The van der Waals surface area contributed by atoms with Gasteiger partial charge in [-0.3, -0.25) is 0 Å². The van der Waals surface area contributed by atoms with Crippen LogP contribution >= 0.6 is 0 Å². The molecule has 0 heterocycles. The van der Waals surface area contributed by atoms with Crippen LogP contribution in [0.15, 0.2) is 0 Å². The molecule has 0 radical (unpaired) electrons. The van der Waals surface area contributed by atoms with Gasteiger partial charge in [0.15, 0.2) is 0 Å². The van der Waals surface area contributed by atoms with E-state index in [0.29, 0.717) is 6.47 Å². The van der Waals surface area contributed by atoms with Crippen molar-refractivity contribution in [3.63, 3.8) is 0 Å². The van der Waals surface area contributed by atoms with Crippen LogP contribution in [0.2, 0.25) is 0 Å². The molecule has 0 saturated carbocycles. The van der Waals surface area contributed by atoms with E-state index in [2.05, 4.69) is 0 Å². The average molecular weight is 174 g/mol. The van der Waals surface area contributed by atoms with Gasteiger partial charge in [0.25, 0.3) is 0 Å². The third-order valence-electron chi connectivity index (χ3n) is 0. The van der Waals surface area contributed by atoms with Crippen LogP contribution in [0.4, 0.5) is 0 Å². The Kier molecular flexibility index (Phi) is 287. The van der Waals surface area contributed by atoms with E-state index >= 15 is 0 Å². The van der Waals surface area contributed by atoms with Crippen molar-refractivity contribution < 1.29 is 16.8 Å². The van der Waals surface area contributed by atoms with Crippen LogP contribution in [-0.2, 0) is 6.23 Å². The summed E-state index contributed by atoms with van der Waals surface area (Å²) >= 11 is 0.125. The van der Waals surface area contributed by atoms with Gasteiger partial charge >= 0.3 is 75.1 Å². The van der Waals surface area contributed by atoms with E-state index in [9.17, 15) is 0 Å². The summed E-state index contributed by atoms with van der Waals surface area (Å²) in [6.07, 6.45) is 0. The van der Waals surface area contributed by atoms with Gasteiger partial charge in [0.05, 0.1) is 0 Å². The molecule has 0 aliphatic rings. The molecule has 0 spiro atoms. The van der Waals surface area contributed by atoms with Crippen LogP contribution < -0.4 is 0 Å². The monoisotopic (exact) mass is 174 g/mol. The summed E-state index contributed by atoms with van der Waals surface area (Å²) in [5.74, 6) is 0. The fraction of sp³-hybridized carbons (Fsp3) is 0.500. The van der Waals surface area contributed by atoms with Crippen molar-refractivity contribution in [2.45, 2.75) is 7.43 Å². The standard InChI is InChI=1S/CHO2.CH4.2Ca.H2O.O/c2-1-3;;;;;/h(H,2,3);1H4;;;1H2;/q-1;;;+2;;/p-1. The summed E-state index contributed by atoms with van der Waals surface area (Å²) in [4.78, 5) is 8.24. The van der Waals surface area contributed by atoms with Gasteiger partial charge in [-0.05, 0) is 0 Å². The molecular formula is C2H6Ca2O4. The zero-order chi connectivity index (χ0) is 4.71. The predicted octanol–water partition coefficient (Wildman–Crippen LogP) is -0.810. The van der Waals surface area contributed by atoms with Gasteiger partial charge in [0, 0.05) is 0 Å². The molecule has 0 amide bonds. The van der Waals surface area contributed by atoms with Gasteiger partial charge in [-0.25, -0.2) is 0 Å². The second-order valence-corrected chi connectivity index (χ2v) is 0.0913. The fourth-order valence-electron chi connectivity index (χ4n) is 0. The van der Waals surface area contributed by atoms with Crippen LogP contribution in [0, 0.1) is 0 Å². The second-order valence-electron chi connectivity index (χ2n) is 0.0913. The van der Waals surface area contributed by atoms with Crippen molar-refractivity contribution in [2.24, 2.45) is 0 Å². The summed E-state index contributed by atoms with van der Waals surface area (Å²) < 4.78 is 8.38. The normalized spacial score (nSPS) is 2.25. The first-order valence-corrected chi connectivity index (χ1v) is 1.62. The maximum atomic E-state index is 8.38. The molecule has 0 fully saturated rings. The van der Waals surface area contributed by atoms with Crippen LogP contribution in [0.25, 0.3) is 0 Å². The van der Waals surface area contributed by atoms with E-state index in [0.717, 1.165) is 0 Å². The molecule has 0 aromatic heterocycles. The van der Waals surface area contributed by atoms with Crippen LogP contribution in [0.3, 0.4) is 0 Å². The molecule has 0 aromatic carbocycles. The van der Waals surface area contributed by atoms with Crippen molar-refractivity contribution in [3.8, 4) is 0 Å². The van der Waals surface area contributed by atoms with Crippen molar-refractivity contribution in [1.82, 2.24) is 0 Å². The van der Waals surface area contributed by atoms with Gasteiger partial charge in [-0.2, -0.15) is 0 Å². The Morgan fingerprint density at radius 2 is 1.38 bits per heavy atom. The quantitative estimate of drug-likeness (QED) is 0.384. The third kappa shape index (κ3) is 115. The number of aliphatic hydroxyl groups excluding tert-OH is 1. The number of rotatable bonds is 0. The molecule has 0 bridgehead atoms. The van der Waals surface area contributed by atoms with Crippen molar-refractivity contribution in [3.05, 3.63) is 0 Å². The molecule has 4 nitrogen and oxygen atoms in total. The van der Waals surface area contributed by atoms with E-state index in [-0.39, 0.29) is 86.5 Å². The zero-order valence-corrected chi connectivity index (χ0v) is 8.04. The van der Waals surface area contributed by atoms with E-state index in [1.165, 1.54) is 0 Å². The molecule has 42 valence electrons. The first-order valence-electron chi connectivity index (χ1n) is 0.716. The van der Waals surface area contributed by atoms with Gasteiger partial charge < -0.3 is 15.4 Å². The first-order chi connectivity index (χ1) is 2.41. The molecule has 0 atom stereocenters. The van der Waals surface area contributed by atoms with Crippen LogP contribution in [0.5, 0.6) is 0 Å². The van der Waals surface area contributed by atoms with E-state index < -0.39 is 0 Å². The second kappa shape index (κ2) is 69.5. The molecule has 0 aliphatic carbocycles. The van der Waals surface area contributed by atoms with Crippen LogP contribution in [-0.4, -0.2) is 90.7 Å². The van der Waals surface area contributed by atoms with E-state index in [4.69, 9.17) is 11.3 Å². The molecular weight excluding hydrogens is 168 g/mol. The minimum absolute atomic E-state index is 0.